The first-order valence-corrected chi connectivity index (χ1v) is 6.47. The van der Waals surface area contributed by atoms with Crippen LogP contribution >= 0.6 is 0 Å². The molecule has 0 radical (unpaired) electrons. The summed E-state index contributed by atoms with van der Waals surface area (Å²) in [4.78, 5) is 4.38. The molecule has 2 heterocycles. The van der Waals surface area contributed by atoms with Gasteiger partial charge in [-0.3, -0.25) is 4.57 Å². The summed E-state index contributed by atoms with van der Waals surface area (Å²) >= 11 is 0. The van der Waals surface area contributed by atoms with Crippen LogP contribution in [-0.4, -0.2) is 29.2 Å². The largest absolute Gasteiger partial charge is 0.355 e. The second-order valence-corrected chi connectivity index (χ2v) is 4.70. The van der Waals surface area contributed by atoms with Crippen molar-refractivity contribution in [3.05, 3.63) is 42.7 Å². The first kappa shape index (κ1) is 11.3. The van der Waals surface area contributed by atoms with Crippen molar-refractivity contribution in [3.8, 4) is 5.69 Å². The topological polar surface area (TPSA) is 41.9 Å². The smallest absolute Gasteiger partial charge is 0.207 e. The highest BCUT2D eigenvalue weighted by Gasteiger charge is 2.14. The number of imidazole rings is 1. The van der Waals surface area contributed by atoms with E-state index < -0.39 is 0 Å². The Labute approximate surface area is 107 Å². The van der Waals surface area contributed by atoms with Crippen molar-refractivity contribution in [2.45, 2.75) is 6.42 Å². The van der Waals surface area contributed by atoms with Crippen molar-refractivity contribution in [2.75, 3.05) is 25.0 Å². The summed E-state index contributed by atoms with van der Waals surface area (Å²) in [5, 5.41) is 6.83. The summed E-state index contributed by atoms with van der Waals surface area (Å²) in [5.41, 5.74) is 1.14. The number of benzene rings is 1. The lowest BCUT2D eigenvalue weighted by molar-refractivity contribution is 0.612. The molecule has 1 aliphatic heterocycles. The first-order chi connectivity index (χ1) is 8.93. The lowest BCUT2D eigenvalue weighted by atomic mass is 10.1. The van der Waals surface area contributed by atoms with Gasteiger partial charge in [0.2, 0.25) is 5.95 Å². The van der Waals surface area contributed by atoms with Gasteiger partial charge in [0.05, 0.1) is 0 Å². The minimum atomic E-state index is 0.714. The maximum Gasteiger partial charge on any atom is 0.207 e. The molecule has 0 spiro atoms. The fourth-order valence-electron chi connectivity index (χ4n) is 2.36. The van der Waals surface area contributed by atoms with Crippen molar-refractivity contribution in [1.29, 1.82) is 0 Å². The Kier molecular flexibility index (Phi) is 3.28. The monoisotopic (exact) mass is 242 g/mol. The molecule has 18 heavy (non-hydrogen) atoms. The summed E-state index contributed by atoms with van der Waals surface area (Å²) in [6.07, 6.45) is 5.08. The zero-order valence-corrected chi connectivity index (χ0v) is 10.3. The van der Waals surface area contributed by atoms with E-state index in [9.17, 15) is 0 Å². The van der Waals surface area contributed by atoms with Gasteiger partial charge in [-0.15, -0.1) is 0 Å². The van der Waals surface area contributed by atoms with E-state index >= 15 is 0 Å². The molecule has 2 N–H and O–H groups in total. The van der Waals surface area contributed by atoms with Crippen LogP contribution in [0.2, 0.25) is 0 Å². The van der Waals surface area contributed by atoms with Crippen LogP contribution < -0.4 is 10.6 Å². The number of aromatic nitrogens is 2. The minimum Gasteiger partial charge on any atom is -0.355 e. The lowest BCUT2D eigenvalue weighted by Crippen LogP contribution is -2.18. The third kappa shape index (κ3) is 2.38. The lowest BCUT2D eigenvalue weighted by Gasteiger charge is -2.12. The van der Waals surface area contributed by atoms with E-state index in [1.165, 1.54) is 6.42 Å². The quantitative estimate of drug-likeness (QED) is 0.860. The molecule has 1 aromatic heterocycles. The average molecular weight is 242 g/mol. The number of hydrogen-bond donors (Lipinski definition) is 2. The molecule has 94 valence electrons. The van der Waals surface area contributed by atoms with Crippen LogP contribution in [0.15, 0.2) is 42.7 Å². The fourth-order valence-corrected chi connectivity index (χ4v) is 2.36. The van der Waals surface area contributed by atoms with E-state index in [1.807, 2.05) is 30.6 Å². The second-order valence-electron chi connectivity index (χ2n) is 4.70. The molecule has 1 unspecified atom stereocenters. The third-order valence-electron chi connectivity index (χ3n) is 3.39. The Morgan fingerprint density at radius 1 is 1.33 bits per heavy atom. The molecule has 0 bridgehead atoms. The minimum absolute atomic E-state index is 0.714. The second kappa shape index (κ2) is 5.23. The molecule has 1 aromatic carbocycles. The normalized spacial score (nSPS) is 19.0. The Hall–Kier alpha value is -1.81. The summed E-state index contributed by atoms with van der Waals surface area (Å²) in [7, 11) is 0. The van der Waals surface area contributed by atoms with Gasteiger partial charge in [-0.25, -0.2) is 4.98 Å². The fraction of sp³-hybridized carbons (Fsp3) is 0.357. The number of hydrogen-bond acceptors (Lipinski definition) is 3. The molecule has 0 aliphatic carbocycles. The Morgan fingerprint density at radius 2 is 2.22 bits per heavy atom. The van der Waals surface area contributed by atoms with Crippen molar-refractivity contribution in [1.82, 2.24) is 14.9 Å². The SMILES string of the molecule is c1ccc(-n2ccnc2NCC2CCNC2)cc1. The highest BCUT2D eigenvalue weighted by Crippen LogP contribution is 2.15. The predicted molar refractivity (Wildman–Crippen MR) is 73.0 cm³/mol. The van der Waals surface area contributed by atoms with Gasteiger partial charge in [0.15, 0.2) is 0 Å². The Bertz CT molecular complexity index is 486. The predicted octanol–water partition coefficient (Wildman–Crippen LogP) is 1.89. The molecule has 0 amide bonds. The maximum atomic E-state index is 4.38. The van der Waals surface area contributed by atoms with Gasteiger partial charge in [0, 0.05) is 24.6 Å². The van der Waals surface area contributed by atoms with Crippen LogP contribution in [0.1, 0.15) is 6.42 Å². The number of rotatable bonds is 4. The molecule has 2 aromatic rings. The molecule has 1 fully saturated rings. The summed E-state index contributed by atoms with van der Waals surface area (Å²) in [6, 6.07) is 10.3. The first-order valence-electron chi connectivity index (χ1n) is 6.47. The van der Waals surface area contributed by atoms with Crippen LogP contribution in [-0.2, 0) is 0 Å². The van der Waals surface area contributed by atoms with Crippen molar-refractivity contribution in [3.63, 3.8) is 0 Å². The number of nitrogens with one attached hydrogen (secondary N) is 2. The van der Waals surface area contributed by atoms with Gasteiger partial charge in [-0.1, -0.05) is 18.2 Å². The van der Waals surface area contributed by atoms with Gasteiger partial charge < -0.3 is 10.6 Å². The number of anilines is 1. The van der Waals surface area contributed by atoms with Crippen molar-refractivity contribution in [2.24, 2.45) is 5.92 Å². The van der Waals surface area contributed by atoms with E-state index in [0.29, 0.717) is 5.92 Å². The number of nitrogens with zero attached hydrogens (tertiary/aromatic N) is 2. The highest BCUT2D eigenvalue weighted by molar-refractivity contribution is 5.41. The Morgan fingerprint density at radius 3 is 3.00 bits per heavy atom. The molecule has 1 atom stereocenters. The van der Waals surface area contributed by atoms with Crippen molar-refractivity contribution >= 4 is 5.95 Å². The highest BCUT2D eigenvalue weighted by atomic mass is 15.2. The van der Waals surface area contributed by atoms with Crippen LogP contribution in [0.5, 0.6) is 0 Å². The zero-order valence-electron chi connectivity index (χ0n) is 10.3. The molecular formula is C14H18N4. The summed E-state index contributed by atoms with van der Waals surface area (Å²) < 4.78 is 2.09. The van der Waals surface area contributed by atoms with E-state index in [1.54, 1.807) is 0 Å². The maximum absolute atomic E-state index is 4.38. The van der Waals surface area contributed by atoms with E-state index in [-0.39, 0.29) is 0 Å². The Balaban J connectivity index is 1.71. The van der Waals surface area contributed by atoms with E-state index in [2.05, 4.69) is 32.3 Å². The van der Waals surface area contributed by atoms with E-state index in [4.69, 9.17) is 0 Å². The van der Waals surface area contributed by atoms with E-state index in [0.717, 1.165) is 31.3 Å². The summed E-state index contributed by atoms with van der Waals surface area (Å²) in [6.45, 7) is 3.23. The average Bonchev–Trinajstić information content (AvgIpc) is 3.09. The molecular weight excluding hydrogens is 224 g/mol. The molecule has 4 heteroatoms. The third-order valence-corrected chi connectivity index (χ3v) is 3.39. The zero-order chi connectivity index (χ0) is 12.2. The number of para-hydroxylation sites is 1. The van der Waals surface area contributed by atoms with Gasteiger partial charge in [-0.2, -0.15) is 0 Å². The molecule has 0 saturated carbocycles. The van der Waals surface area contributed by atoms with Crippen molar-refractivity contribution < 1.29 is 0 Å². The molecule has 4 nitrogen and oxygen atoms in total. The van der Waals surface area contributed by atoms with Crippen LogP contribution in [0.3, 0.4) is 0 Å². The molecule has 1 saturated heterocycles. The van der Waals surface area contributed by atoms with Crippen LogP contribution in [0.4, 0.5) is 5.95 Å². The van der Waals surface area contributed by atoms with Crippen LogP contribution in [0, 0.1) is 5.92 Å². The van der Waals surface area contributed by atoms with Crippen LogP contribution in [0.25, 0.3) is 5.69 Å². The standard InChI is InChI=1S/C14H18N4/c1-2-4-13(5-3-1)18-9-8-16-14(18)17-11-12-6-7-15-10-12/h1-5,8-9,12,15H,6-7,10-11H2,(H,16,17). The van der Waals surface area contributed by atoms with Gasteiger partial charge in [0.1, 0.15) is 0 Å². The molecule has 1 aliphatic rings. The molecule has 3 rings (SSSR count). The van der Waals surface area contributed by atoms with Gasteiger partial charge in [-0.05, 0) is 37.6 Å². The van der Waals surface area contributed by atoms with Gasteiger partial charge in [0.25, 0.3) is 0 Å². The van der Waals surface area contributed by atoms with Gasteiger partial charge >= 0.3 is 0 Å². The summed E-state index contributed by atoms with van der Waals surface area (Å²) in [5.74, 6) is 1.64.